The first-order valence-corrected chi connectivity index (χ1v) is 13.6. The zero-order valence-corrected chi connectivity index (χ0v) is 24.0. The number of piperazine rings is 1. The Morgan fingerprint density at radius 2 is 1.68 bits per heavy atom. The van der Waals surface area contributed by atoms with Crippen LogP contribution in [0.4, 0.5) is 31.1 Å². The van der Waals surface area contributed by atoms with Gasteiger partial charge in [0.25, 0.3) is 5.91 Å². The number of alkyl carbamates (subject to hydrolysis) is 1. The fourth-order valence-corrected chi connectivity index (χ4v) is 4.90. The van der Waals surface area contributed by atoms with Crippen molar-refractivity contribution in [1.29, 1.82) is 0 Å². The number of nitrogens with zero attached hydrogens (tertiary/aromatic N) is 4. The van der Waals surface area contributed by atoms with Crippen LogP contribution in [-0.2, 0) is 40.0 Å². The largest absolute Gasteiger partial charge is 0.449 e. The van der Waals surface area contributed by atoms with Crippen LogP contribution in [0.25, 0.3) is 0 Å². The smallest absolute Gasteiger partial charge is 0.444 e. The van der Waals surface area contributed by atoms with Crippen LogP contribution in [0, 0.1) is 17.5 Å². The van der Waals surface area contributed by atoms with Gasteiger partial charge in [0.05, 0.1) is 18.8 Å². The van der Waals surface area contributed by atoms with Gasteiger partial charge in [-0.2, -0.15) is 13.2 Å². The molecule has 0 aliphatic carbocycles. The minimum Gasteiger partial charge on any atom is -0.444 e. The van der Waals surface area contributed by atoms with Crippen LogP contribution < -0.4 is 10.6 Å². The fourth-order valence-electron chi connectivity index (χ4n) is 4.90. The van der Waals surface area contributed by atoms with Gasteiger partial charge in [-0.05, 0) is 38.8 Å². The number of hydrogen-bond donors (Lipinski definition) is 2. The molecule has 1 saturated heterocycles. The molecule has 4 amide bonds. The normalized spacial score (nSPS) is 16.2. The lowest BCUT2D eigenvalue weighted by atomic mass is 10.0. The second-order valence-corrected chi connectivity index (χ2v) is 11.4. The molecule has 0 bridgehead atoms. The summed E-state index contributed by atoms with van der Waals surface area (Å²) in [6.45, 7) is 3.40. The number of hydrogen-bond acceptors (Lipinski definition) is 6. The number of benzene rings is 1. The summed E-state index contributed by atoms with van der Waals surface area (Å²) in [6, 6.07) is -0.288. The molecule has 1 aromatic carbocycles. The van der Waals surface area contributed by atoms with E-state index >= 15 is 0 Å². The molecule has 0 radical (unpaired) electrons. The monoisotopic (exact) mass is 632 g/mol. The molecule has 17 heteroatoms. The van der Waals surface area contributed by atoms with Gasteiger partial charge in [0.15, 0.2) is 17.3 Å². The minimum absolute atomic E-state index is 0.0411. The van der Waals surface area contributed by atoms with Crippen molar-refractivity contribution in [3.8, 4) is 0 Å². The van der Waals surface area contributed by atoms with Crippen LogP contribution in [0.3, 0.4) is 0 Å². The third kappa shape index (κ3) is 7.60. The van der Waals surface area contributed by atoms with Crippen LogP contribution in [0.5, 0.6) is 0 Å². The van der Waals surface area contributed by atoms with Crippen molar-refractivity contribution in [3.63, 3.8) is 0 Å². The molecule has 11 nitrogen and oxygen atoms in total. The average Bonchev–Trinajstić information content (AvgIpc) is 3.29. The maximum absolute atomic E-state index is 14.4. The molecule has 0 saturated carbocycles. The zero-order valence-electron chi connectivity index (χ0n) is 24.0. The van der Waals surface area contributed by atoms with Gasteiger partial charge in [0.1, 0.15) is 11.4 Å². The molecular formula is C27H30F6N6O5. The SMILES string of the molecule is CC(C)(C)OC(=O)NC(CC(=O)N1CCn2c(C(F)(F)F)nc(C(=O)N3CCNC(=O)C3)c2C1)Cc1cc(F)c(F)cc1F. The number of rotatable bonds is 6. The van der Waals surface area contributed by atoms with Crippen molar-refractivity contribution in [3.05, 3.63) is 52.4 Å². The number of aromatic nitrogens is 2. The van der Waals surface area contributed by atoms with Crippen LogP contribution in [-0.4, -0.2) is 81.0 Å². The van der Waals surface area contributed by atoms with Crippen molar-refractivity contribution < 1.29 is 50.3 Å². The molecule has 2 aliphatic rings. The Bertz CT molecular complexity index is 1470. The first-order chi connectivity index (χ1) is 20.4. The van der Waals surface area contributed by atoms with Crippen molar-refractivity contribution in [2.24, 2.45) is 0 Å². The maximum atomic E-state index is 14.4. The minimum atomic E-state index is -4.92. The van der Waals surface area contributed by atoms with Gasteiger partial charge in [0.2, 0.25) is 17.6 Å². The number of amides is 4. The summed E-state index contributed by atoms with van der Waals surface area (Å²) in [6.07, 6.45) is -6.90. The van der Waals surface area contributed by atoms with Gasteiger partial charge < -0.3 is 29.7 Å². The van der Waals surface area contributed by atoms with Gasteiger partial charge in [-0.1, -0.05) is 0 Å². The number of halogens is 6. The Morgan fingerprint density at radius 3 is 2.32 bits per heavy atom. The standard InChI is InChI=1S/C27H30F6N6O5/c1-26(2,3)44-25(43)35-15(8-14-9-17(29)18(30)11-16(14)28)10-21(41)37-6-7-39-19(12-37)22(36-24(39)27(31,32)33)23(42)38-5-4-34-20(40)13-38/h9,11,15H,4-8,10,12-13H2,1-3H3,(H,34,40)(H,35,43). The lowest BCUT2D eigenvalue weighted by molar-refractivity contribution is -0.148. The number of alkyl halides is 3. The molecule has 4 rings (SSSR count). The van der Waals surface area contributed by atoms with Crippen LogP contribution in [0.1, 0.15) is 54.8 Å². The zero-order chi connectivity index (χ0) is 32.6. The summed E-state index contributed by atoms with van der Waals surface area (Å²) in [5.74, 6) is -7.34. The molecule has 3 heterocycles. The van der Waals surface area contributed by atoms with E-state index in [2.05, 4.69) is 15.6 Å². The van der Waals surface area contributed by atoms with Crippen molar-refractivity contribution in [1.82, 2.24) is 30.0 Å². The summed E-state index contributed by atoms with van der Waals surface area (Å²) in [4.78, 5) is 56.6. The third-order valence-corrected chi connectivity index (χ3v) is 6.84. The molecule has 1 unspecified atom stereocenters. The average molecular weight is 633 g/mol. The Labute approximate surface area is 247 Å². The summed E-state index contributed by atoms with van der Waals surface area (Å²) >= 11 is 0. The van der Waals surface area contributed by atoms with E-state index in [4.69, 9.17) is 4.74 Å². The summed E-state index contributed by atoms with van der Waals surface area (Å²) in [5, 5.41) is 4.93. The molecule has 240 valence electrons. The second kappa shape index (κ2) is 12.4. The highest BCUT2D eigenvalue weighted by molar-refractivity contribution is 5.96. The van der Waals surface area contributed by atoms with Crippen molar-refractivity contribution in [2.75, 3.05) is 26.2 Å². The van der Waals surface area contributed by atoms with E-state index in [1.54, 1.807) is 20.8 Å². The van der Waals surface area contributed by atoms with Crippen molar-refractivity contribution >= 4 is 23.8 Å². The predicted molar refractivity (Wildman–Crippen MR) is 139 cm³/mol. The maximum Gasteiger partial charge on any atom is 0.449 e. The Hall–Kier alpha value is -4.31. The summed E-state index contributed by atoms with van der Waals surface area (Å²) < 4.78 is 89.3. The van der Waals surface area contributed by atoms with E-state index in [-0.39, 0.29) is 44.0 Å². The molecule has 2 N–H and O–H groups in total. The number of carbonyl (C=O) groups is 4. The molecule has 2 aromatic rings. The quantitative estimate of drug-likeness (QED) is 0.373. The molecule has 44 heavy (non-hydrogen) atoms. The van der Waals surface area contributed by atoms with Gasteiger partial charge in [-0.3, -0.25) is 14.4 Å². The van der Waals surface area contributed by atoms with Crippen LogP contribution >= 0.6 is 0 Å². The number of nitrogens with one attached hydrogen (secondary N) is 2. The first kappa shape index (κ1) is 32.6. The Balaban J connectivity index is 1.59. The third-order valence-electron chi connectivity index (χ3n) is 6.84. The summed E-state index contributed by atoms with van der Waals surface area (Å²) in [5.41, 5.74) is -2.05. The highest BCUT2D eigenvalue weighted by atomic mass is 19.4. The number of fused-ring (bicyclic) bond motifs is 1. The second-order valence-electron chi connectivity index (χ2n) is 11.4. The molecule has 1 atom stereocenters. The van der Waals surface area contributed by atoms with E-state index in [0.717, 1.165) is 14.4 Å². The van der Waals surface area contributed by atoms with Gasteiger partial charge >= 0.3 is 12.3 Å². The van der Waals surface area contributed by atoms with E-state index in [1.165, 1.54) is 0 Å². The van der Waals surface area contributed by atoms with Crippen molar-refractivity contribution in [2.45, 2.75) is 64.5 Å². The highest BCUT2D eigenvalue weighted by Gasteiger charge is 2.42. The topological polar surface area (TPSA) is 126 Å². The number of carbonyl (C=O) groups excluding carboxylic acids is 4. The Kier molecular flexibility index (Phi) is 9.16. The van der Waals surface area contributed by atoms with Gasteiger partial charge in [-0.25, -0.2) is 22.9 Å². The lowest BCUT2D eigenvalue weighted by Gasteiger charge is -2.32. The number of imidazole rings is 1. The fraction of sp³-hybridized carbons (Fsp3) is 0.519. The number of ether oxygens (including phenoxy) is 1. The lowest BCUT2D eigenvalue weighted by Crippen LogP contribution is -2.50. The molecular weight excluding hydrogens is 602 g/mol. The van der Waals surface area contributed by atoms with Crippen LogP contribution in [0.15, 0.2) is 12.1 Å². The van der Waals surface area contributed by atoms with E-state index in [1.807, 2.05) is 0 Å². The van der Waals surface area contributed by atoms with Gasteiger partial charge in [0, 0.05) is 44.7 Å². The van der Waals surface area contributed by atoms with E-state index in [9.17, 15) is 45.5 Å². The molecule has 0 spiro atoms. The van der Waals surface area contributed by atoms with Gasteiger partial charge in [-0.15, -0.1) is 0 Å². The highest BCUT2D eigenvalue weighted by Crippen LogP contribution is 2.33. The molecule has 2 aliphatic heterocycles. The molecule has 1 fully saturated rings. The predicted octanol–water partition coefficient (Wildman–Crippen LogP) is 2.76. The summed E-state index contributed by atoms with van der Waals surface area (Å²) in [7, 11) is 0. The van der Waals surface area contributed by atoms with E-state index < -0.39 is 90.0 Å². The first-order valence-electron chi connectivity index (χ1n) is 13.6. The van der Waals surface area contributed by atoms with Crippen LogP contribution in [0.2, 0.25) is 0 Å². The molecule has 1 aromatic heterocycles. The van der Waals surface area contributed by atoms with E-state index in [0.29, 0.717) is 12.1 Å². The Morgan fingerprint density at radius 1 is 1.00 bits per heavy atom.